The van der Waals surface area contributed by atoms with Crippen molar-refractivity contribution in [3.05, 3.63) is 54.1 Å². The summed E-state index contributed by atoms with van der Waals surface area (Å²) in [7, 11) is -2.28. The Morgan fingerprint density at radius 1 is 1.19 bits per heavy atom. The van der Waals surface area contributed by atoms with Gasteiger partial charge < -0.3 is 10.5 Å². The van der Waals surface area contributed by atoms with Gasteiger partial charge in [0.1, 0.15) is 10.7 Å². The molecule has 0 aliphatic carbocycles. The monoisotopic (exact) mass is 322 g/mol. The lowest BCUT2D eigenvalue weighted by atomic mass is 10.2. The first-order valence-electron chi connectivity index (χ1n) is 6.00. The smallest absolute Gasteiger partial charge is 0.262 e. The van der Waals surface area contributed by atoms with Crippen LogP contribution in [0.15, 0.2) is 53.4 Å². The second-order valence-electron chi connectivity index (χ2n) is 4.20. The number of nitrogens with one attached hydrogen (secondary N) is 1. The molecule has 0 spiro atoms. The molecule has 21 heavy (non-hydrogen) atoms. The first-order valence-corrected chi connectivity index (χ1v) is 7.89. The predicted molar refractivity (Wildman–Crippen MR) is 86.1 cm³/mol. The van der Waals surface area contributed by atoms with Crippen LogP contribution in [0.1, 0.15) is 5.56 Å². The van der Waals surface area contributed by atoms with Crippen LogP contribution in [0.4, 0.5) is 5.69 Å². The summed E-state index contributed by atoms with van der Waals surface area (Å²) in [5.74, 6) is 0.554. The van der Waals surface area contributed by atoms with Gasteiger partial charge >= 0.3 is 0 Å². The van der Waals surface area contributed by atoms with Crippen LogP contribution in [0.3, 0.4) is 0 Å². The van der Waals surface area contributed by atoms with Gasteiger partial charge in [-0.2, -0.15) is 0 Å². The van der Waals surface area contributed by atoms with Gasteiger partial charge in [-0.25, -0.2) is 8.42 Å². The molecule has 0 saturated heterocycles. The molecule has 0 heterocycles. The van der Waals surface area contributed by atoms with Crippen LogP contribution >= 0.6 is 12.2 Å². The summed E-state index contributed by atoms with van der Waals surface area (Å²) in [6.45, 7) is 0. The number of ether oxygens (including phenoxy) is 1. The molecule has 2 aromatic carbocycles. The first kappa shape index (κ1) is 15.3. The average molecular weight is 322 g/mol. The lowest BCUT2D eigenvalue weighted by molar-refractivity contribution is 0.415. The summed E-state index contributed by atoms with van der Waals surface area (Å²) in [6.07, 6.45) is 0. The average Bonchev–Trinajstić information content (AvgIpc) is 2.47. The molecule has 0 aliphatic heterocycles. The van der Waals surface area contributed by atoms with Gasteiger partial charge in [0, 0.05) is 11.6 Å². The molecule has 110 valence electrons. The fourth-order valence-corrected chi connectivity index (χ4v) is 3.32. The molecule has 0 unspecified atom stereocenters. The maximum absolute atomic E-state index is 12.5. The van der Waals surface area contributed by atoms with Gasteiger partial charge in [0.15, 0.2) is 0 Å². The van der Waals surface area contributed by atoms with Crippen molar-refractivity contribution < 1.29 is 13.2 Å². The highest BCUT2D eigenvalue weighted by Crippen LogP contribution is 2.22. The molecule has 2 aromatic rings. The van der Waals surface area contributed by atoms with Crippen LogP contribution in [-0.4, -0.2) is 20.5 Å². The summed E-state index contributed by atoms with van der Waals surface area (Å²) in [6, 6.07) is 12.9. The number of anilines is 1. The van der Waals surface area contributed by atoms with Crippen LogP contribution in [0.2, 0.25) is 0 Å². The highest BCUT2D eigenvalue weighted by molar-refractivity contribution is 7.93. The number of methoxy groups -OCH3 is 1. The van der Waals surface area contributed by atoms with Crippen molar-refractivity contribution in [2.24, 2.45) is 5.73 Å². The van der Waals surface area contributed by atoms with Crippen LogP contribution in [0.25, 0.3) is 0 Å². The molecule has 0 aromatic heterocycles. The summed E-state index contributed by atoms with van der Waals surface area (Å²) in [5.41, 5.74) is 6.27. The second kappa shape index (κ2) is 6.11. The third kappa shape index (κ3) is 3.50. The van der Waals surface area contributed by atoms with E-state index >= 15 is 0 Å². The largest absolute Gasteiger partial charge is 0.497 e. The van der Waals surface area contributed by atoms with Crippen LogP contribution in [0, 0.1) is 0 Å². The number of sulfonamides is 1. The van der Waals surface area contributed by atoms with E-state index in [2.05, 4.69) is 4.72 Å². The van der Waals surface area contributed by atoms with E-state index in [1.807, 2.05) is 0 Å². The van der Waals surface area contributed by atoms with Crippen LogP contribution in [0.5, 0.6) is 5.75 Å². The third-order valence-electron chi connectivity index (χ3n) is 2.76. The molecule has 5 nitrogen and oxygen atoms in total. The molecule has 0 bridgehead atoms. The Labute approximate surface area is 128 Å². The Morgan fingerprint density at radius 2 is 1.90 bits per heavy atom. The van der Waals surface area contributed by atoms with Gasteiger partial charge in [-0.1, -0.05) is 36.5 Å². The standard InChI is InChI=1S/C14H14N2O3S2/c1-19-11-6-4-5-10(9-11)16-21(17,18)13-8-3-2-7-12(13)14(15)20/h2-9,16H,1H3,(H2,15,20). The maximum Gasteiger partial charge on any atom is 0.262 e. The molecular formula is C14H14N2O3S2. The molecule has 0 radical (unpaired) electrons. The molecule has 0 amide bonds. The van der Waals surface area contributed by atoms with Gasteiger partial charge in [-0.3, -0.25) is 4.72 Å². The number of benzene rings is 2. The molecule has 7 heteroatoms. The van der Waals surface area contributed by atoms with Crippen molar-refractivity contribution in [1.29, 1.82) is 0 Å². The lowest BCUT2D eigenvalue weighted by Crippen LogP contribution is -2.19. The van der Waals surface area contributed by atoms with Gasteiger partial charge in [-0.15, -0.1) is 0 Å². The van der Waals surface area contributed by atoms with Crippen molar-refractivity contribution in [2.45, 2.75) is 4.90 Å². The number of nitrogens with two attached hydrogens (primary N) is 1. The number of hydrogen-bond acceptors (Lipinski definition) is 4. The van der Waals surface area contributed by atoms with Gasteiger partial charge in [0.25, 0.3) is 10.0 Å². The topological polar surface area (TPSA) is 81.4 Å². The first-order chi connectivity index (χ1) is 9.94. The molecule has 0 saturated carbocycles. The zero-order chi connectivity index (χ0) is 15.5. The second-order valence-corrected chi connectivity index (χ2v) is 6.29. The Bertz CT molecular complexity index is 773. The highest BCUT2D eigenvalue weighted by Gasteiger charge is 2.19. The molecule has 0 atom stereocenters. The molecule has 0 aliphatic rings. The van der Waals surface area contributed by atoms with Crippen molar-refractivity contribution in [2.75, 3.05) is 11.8 Å². The van der Waals surface area contributed by atoms with E-state index in [1.54, 1.807) is 42.5 Å². The van der Waals surface area contributed by atoms with E-state index in [-0.39, 0.29) is 9.88 Å². The van der Waals surface area contributed by atoms with Gasteiger partial charge in [-0.05, 0) is 18.2 Å². The Morgan fingerprint density at radius 3 is 2.57 bits per heavy atom. The van der Waals surface area contributed by atoms with E-state index in [0.717, 1.165) is 0 Å². The predicted octanol–water partition coefficient (Wildman–Crippen LogP) is 2.13. The minimum absolute atomic E-state index is 0.0293. The Kier molecular flexibility index (Phi) is 4.44. The zero-order valence-electron chi connectivity index (χ0n) is 11.2. The molecule has 2 rings (SSSR count). The number of thiocarbonyl (C=S) groups is 1. The normalized spacial score (nSPS) is 10.9. The fourth-order valence-electron chi connectivity index (χ4n) is 1.80. The minimum atomic E-state index is -3.79. The highest BCUT2D eigenvalue weighted by atomic mass is 32.2. The minimum Gasteiger partial charge on any atom is -0.497 e. The van der Waals surface area contributed by atoms with Gasteiger partial charge in [0.05, 0.1) is 17.7 Å². The molecular weight excluding hydrogens is 308 g/mol. The van der Waals surface area contributed by atoms with Crippen molar-refractivity contribution in [3.8, 4) is 5.75 Å². The SMILES string of the molecule is COc1cccc(NS(=O)(=O)c2ccccc2C(N)=S)c1. The van der Waals surface area contributed by atoms with E-state index in [9.17, 15) is 8.42 Å². The molecule has 0 fully saturated rings. The van der Waals surface area contributed by atoms with E-state index in [4.69, 9.17) is 22.7 Å². The third-order valence-corrected chi connectivity index (χ3v) is 4.42. The van der Waals surface area contributed by atoms with Gasteiger partial charge in [0.2, 0.25) is 0 Å². The summed E-state index contributed by atoms with van der Waals surface area (Å²) in [4.78, 5) is 0.0712. The van der Waals surface area contributed by atoms with Crippen molar-refractivity contribution in [3.63, 3.8) is 0 Å². The number of hydrogen-bond donors (Lipinski definition) is 2. The van der Waals surface area contributed by atoms with Crippen LogP contribution in [-0.2, 0) is 10.0 Å². The van der Waals surface area contributed by atoms with E-state index < -0.39 is 10.0 Å². The summed E-state index contributed by atoms with van der Waals surface area (Å²) in [5, 5.41) is 0. The lowest BCUT2D eigenvalue weighted by Gasteiger charge is -2.12. The van der Waals surface area contributed by atoms with E-state index in [1.165, 1.54) is 13.2 Å². The number of rotatable bonds is 5. The van der Waals surface area contributed by atoms with Crippen molar-refractivity contribution in [1.82, 2.24) is 0 Å². The quantitative estimate of drug-likeness (QED) is 0.824. The molecule has 3 N–H and O–H groups in total. The van der Waals surface area contributed by atoms with Crippen molar-refractivity contribution >= 4 is 32.9 Å². The van der Waals surface area contributed by atoms with Crippen LogP contribution < -0.4 is 15.2 Å². The zero-order valence-corrected chi connectivity index (χ0v) is 12.9. The Hall–Kier alpha value is -2.12. The Balaban J connectivity index is 2.41. The summed E-state index contributed by atoms with van der Waals surface area (Å²) < 4.78 is 32.5. The maximum atomic E-state index is 12.5. The van der Waals surface area contributed by atoms with E-state index in [0.29, 0.717) is 17.0 Å². The summed E-state index contributed by atoms with van der Waals surface area (Å²) >= 11 is 4.89. The fraction of sp³-hybridized carbons (Fsp3) is 0.0714.